The Hall–Kier alpha value is -3.13. The van der Waals surface area contributed by atoms with Crippen LogP contribution in [0.4, 0.5) is 11.4 Å². The number of piperazine rings is 1. The van der Waals surface area contributed by atoms with Crippen LogP contribution in [0, 0.1) is 6.92 Å². The molecule has 1 fully saturated rings. The van der Waals surface area contributed by atoms with Gasteiger partial charge in [-0.2, -0.15) is 0 Å². The number of hydrogen-bond acceptors (Lipinski definition) is 6. The molecule has 1 saturated heterocycles. The number of carbonyl (C=O) groups excluding carboxylic acids is 2. The topological polar surface area (TPSA) is 100 Å². The van der Waals surface area contributed by atoms with Crippen molar-refractivity contribution in [3.05, 3.63) is 46.2 Å². The molecule has 0 atom stereocenters. The van der Waals surface area contributed by atoms with Gasteiger partial charge in [-0.15, -0.1) is 0 Å². The Morgan fingerprint density at radius 2 is 2.13 bits per heavy atom. The molecule has 30 heavy (non-hydrogen) atoms. The molecule has 0 bridgehead atoms. The maximum absolute atomic E-state index is 13.1. The number of benzene rings is 1. The average molecular weight is 428 g/mol. The zero-order chi connectivity index (χ0) is 21.4. The van der Waals surface area contributed by atoms with E-state index in [1.54, 1.807) is 25.1 Å². The number of rotatable bonds is 4. The molecule has 0 unspecified atom stereocenters. The summed E-state index contributed by atoms with van der Waals surface area (Å²) in [5.41, 5.74) is 3.47. The number of nitrogens with zero attached hydrogens (tertiary/aromatic N) is 3. The Labute approximate surface area is 178 Å². The molecule has 2 aromatic heterocycles. The predicted molar refractivity (Wildman–Crippen MR) is 115 cm³/mol. The number of fused-ring (bicyclic) bond motifs is 1. The maximum atomic E-state index is 13.1. The second-order valence-corrected chi connectivity index (χ2v) is 8.00. The van der Waals surface area contributed by atoms with Crippen LogP contribution in [-0.4, -0.2) is 41.6 Å². The van der Waals surface area contributed by atoms with Crippen molar-refractivity contribution in [2.75, 3.05) is 29.9 Å². The minimum atomic E-state index is -0.295. The molecule has 0 radical (unpaired) electrons. The van der Waals surface area contributed by atoms with E-state index in [1.807, 2.05) is 24.8 Å². The van der Waals surface area contributed by atoms with E-state index in [-0.39, 0.29) is 24.3 Å². The molecule has 8 nitrogen and oxygen atoms in total. The number of amides is 2. The second kappa shape index (κ2) is 7.95. The largest absolute Gasteiger partial charge is 0.359 e. The molecule has 2 amide bonds. The van der Waals surface area contributed by atoms with Gasteiger partial charge in [0.1, 0.15) is 0 Å². The lowest BCUT2D eigenvalue weighted by molar-refractivity contribution is -0.120. The van der Waals surface area contributed by atoms with Crippen LogP contribution in [0.1, 0.15) is 41.5 Å². The quantitative estimate of drug-likeness (QED) is 0.661. The molecule has 3 heterocycles. The molecule has 0 saturated carbocycles. The van der Waals surface area contributed by atoms with Crippen LogP contribution < -0.4 is 15.5 Å². The van der Waals surface area contributed by atoms with E-state index in [4.69, 9.17) is 16.1 Å². The van der Waals surface area contributed by atoms with E-state index in [1.165, 1.54) is 0 Å². The summed E-state index contributed by atoms with van der Waals surface area (Å²) >= 11 is 6.45. The van der Waals surface area contributed by atoms with Gasteiger partial charge < -0.3 is 20.1 Å². The van der Waals surface area contributed by atoms with Crippen LogP contribution >= 0.6 is 11.6 Å². The van der Waals surface area contributed by atoms with Crippen LogP contribution in [0.2, 0.25) is 5.02 Å². The van der Waals surface area contributed by atoms with Gasteiger partial charge in [0.15, 0.2) is 0 Å². The molecule has 0 aliphatic carbocycles. The summed E-state index contributed by atoms with van der Waals surface area (Å²) in [4.78, 5) is 31.1. The lowest BCUT2D eigenvalue weighted by Gasteiger charge is -2.29. The highest BCUT2D eigenvalue weighted by Gasteiger charge is 2.21. The molecule has 4 rings (SSSR count). The Bertz CT molecular complexity index is 1140. The number of carbonyl (C=O) groups is 2. The molecular formula is C21H22ClN5O3. The first-order valence-electron chi connectivity index (χ1n) is 9.73. The van der Waals surface area contributed by atoms with Crippen molar-refractivity contribution in [2.45, 2.75) is 26.7 Å². The van der Waals surface area contributed by atoms with Gasteiger partial charge in [0.25, 0.3) is 11.6 Å². The van der Waals surface area contributed by atoms with Crippen molar-refractivity contribution in [1.29, 1.82) is 0 Å². The fourth-order valence-electron chi connectivity index (χ4n) is 3.47. The molecule has 0 spiro atoms. The van der Waals surface area contributed by atoms with E-state index in [0.29, 0.717) is 46.2 Å². The summed E-state index contributed by atoms with van der Waals surface area (Å²) in [6.45, 7) is 7.28. The molecule has 1 aliphatic heterocycles. The number of hydrogen-bond donors (Lipinski definition) is 2. The predicted octanol–water partition coefficient (Wildman–Crippen LogP) is 3.50. The molecule has 1 aromatic carbocycles. The average Bonchev–Trinajstić information content (AvgIpc) is 3.08. The Balaban J connectivity index is 1.62. The van der Waals surface area contributed by atoms with Gasteiger partial charge in [-0.1, -0.05) is 30.6 Å². The third-order valence-corrected chi connectivity index (χ3v) is 5.36. The molecule has 156 valence electrons. The Morgan fingerprint density at radius 3 is 2.83 bits per heavy atom. The standard InChI is InChI=1S/C21H22ClN5O3/c1-11(2)16-9-14(19-12(3)26-30-21(19)25-16)20(29)24-13-4-5-17(15(22)8-13)27-7-6-23-18(28)10-27/h4-5,8-9,11H,6-7,10H2,1-3H3,(H,23,28)(H,24,29). The van der Waals surface area contributed by atoms with Crippen molar-refractivity contribution >= 4 is 45.9 Å². The number of pyridine rings is 1. The summed E-state index contributed by atoms with van der Waals surface area (Å²) in [5.74, 6) is -0.208. The normalized spacial score (nSPS) is 14.3. The Kier molecular flexibility index (Phi) is 5.34. The first kappa shape index (κ1) is 20.2. The van der Waals surface area contributed by atoms with Crippen molar-refractivity contribution in [3.8, 4) is 0 Å². The fourth-order valence-corrected chi connectivity index (χ4v) is 3.77. The zero-order valence-electron chi connectivity index (χ0n) is 17.0. The fraction of sp³-hybridized carbons (Fsp3) is 0.333. The van der Waals surface area contributed by atoms with Gasteiger partial charge in [0, 0.05) is 24.5 Å². The third-order valence-electron chi connectivity index (χ3n) is 5.06. The van der Waals surface area contributed by atoms with Crippen LogP contribution in [0.15, 0.2) is 28.8 Å². The van der Waals surface area contributed by atoms with Gasteiger partial charge >= 0.3 is 0 Å². The summed E-state index contributed by atoms with van der Waals surface area (Å²) in [6, 6.07) is 7.04. The number of aromatic nitrogens is 2. The zero-order valence-corrected chi connectivity index (χ0v) is 17.7. The number of anilines is 2. The van der Waals surface area contributed by atoms with Crippen molar-refractivity contribution < 1.29 is 14.1 Å². The highest BCUT2D eigenvalue weighted by atomic mass is 35.5. The summed E-state index contributed by atoms with van der Waals surface area (Å²) < 4.78 is 5.29. The maximum Gasteiger partial charge on any atom is 0.259 e. The van der Waals surface area contributed by atoms with E-state index < -0.39 is 0 Å². The van der Waals surface area contributed by atoms with Crippen LogP contribution in [0.5, 0.6) is 0 Å². The summed E-state index contributed by atoms with van der Waals surface area (Å²) in [6.07, 6.45) is 0. The first-order chi connectivity index (χ1) is 14.3. The van der Waals surface area contributed by atoms with Gasteiger partial charge in [-0.25, -0.2) is 4.98 Å². The van der Waals surface area contributed by atoms with Crippen molar-refractivity contribution in [1.82, 2.24) is 15.5 Å². The molecule has 2 N–H and O–H groups in total. The Morgan fingerprint density at radius 1 is 1.33 bits per heavy atom. The van der Waals surface area contributed by atoms with Crippen LogP contribution in [0.25, 0.3) is 11.1 Å². The van der Waals surface area contributed by atoms with Gasteiger partial charge in [-0.05, 0) is 37.1 Å². The van der Waals surface area contributed by atoms with E-state index >= 15 is 0 Å². The van der Waals surface area contributed by atoms with Gasteiger partial charge in [0.2, 0.25) is 5.91 Å². The van der Waals surface area contributed by atoms with Gasteiger partial charge in [0.05, 0.1) is 33.9 Å². The van der Waals surface area contributed by atoms with Crippen molar-refractivity contribution in [2.24, 2.45) is 0 Å². The van der Waals surface area contributed by atoms with Crippen LogP contribution in [-0.2, 0) is 4.79 Å². The molecule has 9 heteroatoms. The molecular weight excluding hydrogens is 406 g/mol. The number of aryl methyl sites for hydroxylation is 1. The summed E-state index contributed by atoms with van der Waals surface area (Å²) in [7, 11) is 0. The molecule has 1 aliphatic rings. The lowest BCUT2D eigenvalue weighted by Crippen LogP contribution is -2.47. The van der Waals surface area contributed by atoms with Crippen LogP contribution in [0.3, 0.4) is 0 Å². The SMILES string of the molecule is Cc1noc2nc(C(C)C)cc(C(=O)Nc3ccc(N4CCNC(=O)C4)c(Cl)c3)c12. The van der Waals surface area contributed by atoms with Crippen molar-refractivity contribution in [3.63, 3.8) is 0 Å². The summed E-state index contributed by atoms with van der Waals surface area (Å²) in [5, 5.41) is 10.7. The second-order valence-electron chi connectivity index (χ2n) is 7.59. The smallest absolute Gasteiger partial charge is 0.259 e. The number of nitrogens with one attached hydrogen (secondary N) is 2. The van der Waals surface area contributed by atoms with E-state index in [9.17, 15) is 9.59 Å². The van der Waals surface area contributed by atoms with Gasteiger partial charge in [-0.3, -0.25) is 9.59 Å². The monoisotopic (exact) mass is 427 g/mol. The highest BCUT2D eigenvalue weighted by Crippen LogP contribution is 2.30. The third kappa shape index (κ3) is 3.82. The first-order valence-corrected chi connectivity index (χ1v) is 10.1. The van der Waals surface area contributed by atoms with E-state index in [2.05, 4.69) is 20.8 Å². The van der Waals surface area contributed by atoms with E-state index in [0.717, 1.165) is 11.4 Å². The minimum Gasteiger partial charge on any atom is -0.359 e. The lowest BCUT2D eigenvalue weighted by atomic mass is 10.0. The highest BCUT2D eigenvalue weighted by molar-refractivity contribution is 6.33. The number of halogens is 1. The molecule has 3 aromatic rings. The minimum absolute atomic E-state index is 0.0403.